The fourth-order valence-electron chi connectivity index (χ4n) is 3.12. The van der Waals surface area contributed by atoms with E-state index in [1.54, 1.807) is 0 Å². The molecule has 1 N–H and O–H groups in total. The summed E-state index contributed by atoms with van der Waals surface area (Å²) < 4.78 is 32.1. The Balaban J connectivity index is 1.62. The molecule has 2 aliphatic heterocycles. The molecule has 2 saturated heterocycles. The van der Waals surface area contributed by atoms with Gasteiger partial charge in [0.15, 0.2) is 0 Å². The molecule has 2 heterocycles. The predicted molar refractivity (Wildman–Crippen MR) is 70.4 cm³/mol. The Morgan fingerprint density at radius 3 is 3.05 bits per heavy atom. The maximum atomic E-state index is 13.6. The third-order valence-corrected chi connectivity index (χ3v) is 4.29. The van der Waals surface area contributed by atoms with Gasteiger partial charge in [-0.15, -0.1) is 0 Å². The summed E-state index contributed by atoms with van der Waals surface area (Å²) in [7, 11) is 0. The molecule has 0 aromatic heterocycles. The molecule has 0 aliphatic carbocycles. The molecule has 2 fully saturated rings. The van der Waals surface area contributed by atoms with Crippen molar-refractivity contribution in [2.75, 3.05) is 19.7 Å². The van der Waals surface area contributed by atoms with Gasteiger partial charge in [0.2, 0.25) is 0 Å². The highest BCUT2D eigenvalue weighted by Crippen LogP contribution is 2.25. The number of hydrogen-bond donors (Lipinski definition) is 1. The Hall–Kier alpha value is -1.04. The molecule has 2 aliphatic rings. The van der Waals surface area contributed by atoms with E-state index >= 15 is 0 Å². The Kier molecular flexibility index (Phi) is 4.01. The largest absolute Gasteiger partial charge is 0.390 e. The third-order valence-electron chi connectivity index (χ3n) is 4.29. The number of aliphatic hydroxyl groups excluding tert-OH is 1. The smallest absolute Gasteiger partial charge is 0.129 e. The van der Waals surface area contributed by atoms with Gasteiger partial charge in [0.25, 0.3) is 0 Å². The second kappa shape index (κ2) is 5.76. The summed E-state index contributed by atoms with van der Waals surface area (Å²) in [4.78, 5) is 2.33. The number of nitrogens with zero attached hydrogens (tertiary/aromatic N) is 1. The number of hydrogen-bond acceptors (Lipinski definition) is 3. The molecule has 3 atom stereocenters. The summed E-state index contributed by atoms with van der Waals surface area (Å²) in [5.41, 5.74) is 0.325. The lowest BCUT2D eigenvalue weighted by atomic mass is 10.0. The van der Waals surface area contributed by atoms with Crippen LogP contribution < -0.4 is 0 Å². The maximum Gasteiger partial charge on any atom is 0.129 e. The first kappa shape index (κ1) is 13.9. The molecule has 20 heavy (non-hydrogen) atoms. The molecule has 110 valence electrons. The van der Waals surface area contributed by atoms with Gasteiger partial charge in [-0.05, 0) is 31.0 Å². The fraction of sp³-hybridized carbons (Fsp3) is 0.600. The van der Waals surface area contributed by atoms with Crippen LogP contribution in [-0.4, -0.2) is 48.0 Å². The van der Waals surface area contributed by atoms with Crippen molar-refractivity contribution < 1.29 is 18.6 Å². The van der Waals surface area contributed by atoms with Crippen molar-refractivity contribution in [3.63, 3.8) is 0 Å². The van der Waals surface area contributed by atoms with Crippen LogP contribution in [0.2, 0.25) is 0 Å². The predicted octanol–water partition coefficient (Wildman–Crippen LogP) is 1.73. The van der Waals surface area contributed by atoms with Crippen molar-refractivity contribution in [3.05, 3.63) is 35.4 Å². The minimum atomic E-state index is -0.767. The monoisotopic (exact) mass is 283 g/mol. The molecule has 3 rings (SSSR count). The Bertz CT molecular complexity index is 483. The van der Waals surface area contributed by atoms with Crippen LogP contribution in [-0.2, 0) is 11.2 Å². The van der Waals surface area contributed by atoms with Crippen LogP contribution >= 0.6 is 0 Å². The minimum absolute atomic E-state index is 0.148. The molecular weight excluding hydrogens is 264 g/mol. The number of aliphatic hydroxyl groups is 1. The first-order valence-corrected chi connectivity index (χ1v) is 7.11. The van der Waals surface area contributed by atoms with Crippen molar-refractivity contribution in [1.29, 1.82) is 0 Å². The van der Waals surface area contributed by atoms with Gasteiger partial charge in [0.05, 0.1) is 18.8 Å². The average Bonchev–Trinajstić information content (AvgIpc) is 2.89. The molecule has 3 unspecified atom stereocenters. The highest BCUT2D eigenvalue weighted by Gasteiger charge is 2.35. The number of morpholine rings is 1. The lowest BCUT2D eigenvalue weighted by molar-refractivity contribution is -0.101. The van der Waals surface area contributed by atoms with E-state index in [-0.39, 0.29) is 12.5 Å². The van der Waals surface area contributed by atoms with Gasteiger partial charge < -0.3 is 9.84 Å². The van der Waals surface area contributed by atoms with Crippen LogP contribution in [0.25, 0.3) is 0 Å². The van der Waals surface area contributed by atoms with E-state index in [2.05, 4.69) is 4.90 Å². The van der Waals surface area contributed by atoms with E-state index in [9.17, 15) is 13.9 Å². The van der Waals surface area contributed by atoms with E-state index in [0.717, 1.165) is 19.0 Å². The molecule has 0 spiro atoms. The number of fused-ring (bicyclic) bond motifs is 1. The maximum absolute atomic E-state index is 13.6. The van der Waals surface area contributed by atoms with E-state index in [4.69, 9.17) is 4.74 Å². The standard InChI is InChI=1S/C15H19F2NO2/c16-11-4-3-10(13(17)7-11)6-14(19)15-8-18-5-1-2-12(18)9-20-15/h3-4,7,12,14-15,19H,1-2,5-6,8-9H2. The Morgan fingerprint density at radius 1 is 1.40 bits per heavy atom. The van der Waals surface area contributed by atoms with E-state index in [0.29, 0.717) is 24.8 Å². The van der Waals surface area contributed by atoms with Crippen LogP contribution in [0.4, 0.5) is 8.78 Å². The number of halogens is 2. The number of benzene rings is 1. The molecule has 0 saturated carbocycles. The summed E-state index contributed by atoms with van der Waals surface area (Å²) in [6, 6.07) is 3.92. The van der Waals surface area contributed by atoms with Crippen LogP contribution in [0.1, 0.15) is 18.4 Å². The molecule has 1 aromatic carbocycles. The first-order chi connectivity index (χ1) is 9.63. The lowest BCUT2D eigenvalue weighted by Crippen LogP contribution is -2.50. The summed E-state index contributed by atoms with van der Waals surface area (Å²) in [5, 5.41) is 10.2. The number of ether oxygens (including phenoxy) is 1. The third kappa shape index (κ3) is 2.85. The zero-order valence-corrected chi connectivity index (χ0v) is 11.3. The zero-order valence-electron chi connectivity index (χ0n) is 11.3. The molecule has 5 heteroatoms. The van der Waals surface area contributed by atoms with Gasteiger partial charge in [0, 0.05) is 25.1 Å². The molecule has 1 aromatic rings. The summed E-state index contributed by atoms with van der Waals surface area (Å²) >= 11 is 0. The van der Waals surface area contributed by atoms with Crippen molar-refractivity contribution in [1.82, 2.24) is 4.90 Å². The van der Waals surface area contributed by atoms with Crippen LogP contribution in [0.15, 0.2) is 18.2 Å². The summed E-state index contributed by atoms with van der Waals surface area (Å²) in [6.45, 7) is 2.37. The molecule has 0 bridgehead atoms. The van der Waals surface area contributed by atoms with Crippen LogP contribution in [0.3, 0.4) is 0 Å². The highest BCUT2D eigenvalue weighted by molar-refractivity contribution is 5.19. The van der Waals surface area contributed by atoms with Crippen molar-refractivity contribution >= 4 is 0 Å². The van der Waals surface area contributed by atoms with E-state index in [1.807, 2.05) is 0 Å². The molecule has 3 nitrogen and oxygen atoms in total. The van der Waals surface area contributed by atoms with Crippen molar-refractivity contribution in [3.8, 4) is 0 Å². The lowest BCUT2D eigenvalue weighted by Gasteiger charge is -2.37. The SMILES string of the molecule is OC(Cc1ccc(F)cc1F)C1CN2CCCC2CO1. The molecular formula is C15H19F2NO2. The second-order valence-corrected chi connectivity index (χ2v) is 5.67. The summed E-state index contributed by atoms with van der Waals surface area (Å²) in [5.74, 6) is -1.21. The van der Waals surface area contributed by atoms with Gasteiger partial charge in [-0.2, -0.15) is 0 Å². The topological polar surface area (TPSA) is 32.7 Å². The summed E-state index contributed by atoms with van der Waals surface area (Å²) in [6.07, 6.45) is 1.40. The van der Waals surface area contributed by atoms with Gasteiger partial charge in [-0.3, -0.25) is 4.90 Å². The average molecular weight is 283 g/mol. The van der Waals surface area contributed by atoms with Gasteiger partial charge in [0.1, 0.15) is 11.6 Å². The fourth-order valence-corrected chi connectivity index (χ4v) is 3.12. The molecule has 0 amide bonds. The minimum Gasteiger partial charge on any atom is -0.390 e. The highest BCUT2D eigenvalue weighted by atomic mass is 19.1. The van der Waals surface area contributed by atoms with Gasteiger partial charge in [-0.1, -0.05) is 6.07 Å². The zero-order chi connectivity index (χ0) is 14.1. The van der Waals surface area contributed by atoms with E-state index < -0.39 is 17.7 Å². The molecule has 0 radical (unpaired) electrons. The van der Waals surface area contributed by atoms with Crippen LogP contribution in [0.5, 0.6) is 0 Å². The Labute approximate surface area is 117 Å². The van der Waals surface area contributed by atoms with Crippen molar-refractivity contribution in [2.24, 2.45) is 0 Å². The van der Waals surface area contributed by atoms with Crippen molar-refractivity contribution in [2.45, 2.75) is 37.5 Å². The quantitative estimate of drug-likeness (QED) is 0.917. The number of rotatable bonds is 3. The normalized spacial score (nSPS) is 28.4. The van der Waals surface area contributed by atoms with E-state index in [1.165, 1.54) is 18.6 Å². The Morgan fingerprint density at radius 2 is 2.25 bits per heavy atom. The van der Waals surface area contributed by atoms with Gasteiger partial charge >= 0.3 is 0 Å². The first-order valence-electron chi connectivity index (χ1n) is 7.11. The van der Waals surface area contributed by atoms with Crippen LogP contribution in [0, 0.1) is 11.6 Å². The second-order valence-electron chi connectivity index (χ2n) is 5.67. The van der Waals surface area contributed by atoms with Gasteiger partial charge in [-0.25, -0.2) is 8.78 Å².